The molecule has 1 heterocycles. The van der Waals surface area contributed by atoms with Crippen LogP contribution >= 0.6 is 0 Å². The lowest BCUT2D eigenvalue weighted by molar-refractivity contribution is -0.132. The van der Waals surface area contributed by atoms with Crippen LogP contribution in [0.4, 0.5) is 0 Å². The molecule has 2 rings (SSSR count). The molecule has 1 aliphatic heterocycles. The monoisotopic (exact) mass is 332 g/mol. The van der Waals surface area contributed by atoms with Crippen LogP contribution in [-0.4, -0.2) is 43.1 Å². The van der Waals surface area contributed by atoms with Crippen molar-refractivity contribution in [1.82, 2.24) is 10.2 Å². The van der Waals surface area contributed by atoms with Crippen molar-refractivity contribution in [2.45, 2.75) is 46.3 Å². The van der Waals surface area contributed by atoms with Crippen LogP contribution in [0.2, 0.25) is 0 Å². The second-order valence-electron chi connectivity index (χ2n) is 7.29. The zero-order valence-electron chi connectivity index (χ0n) is 15.3. The SMILES string of the molecule is C[C@@H]1C[C@@H](C)CN(CCCNC(=O)[C@@H](C)OCc2ccccc2)C1. The number of likely N-dealkylation sites (tertiary alicyclic amines) is 1. The third-order valence-electron chi connectivity index (χ3n) is 4.61. The molecule has 1 N–H and O–H groups in total. The summed E-state index contributed by atoms with van der Waals surface area (Å²) in [7, 11) is 0. The van der Waals surface area contributed by atoms with Gasteiger partial charge in [0.15, 0.2) is 0 Å². The van der Waals surface area contributed by atoms with E-state index in [1.54, 1.807) is 0 Å². The van der Waals surface area contributed by atoms with E-state index >= 15 is 0 Å². The highest BCUT2D eigenvalue weighted by atomic mass is 16.5. The standard InChI is InChI=1S/C20H32N2O2/c1-16-12-17(2)14-22(13-16)11-7-10-21-20(23)18(3)24-15-19-8-5-4-6-9-19/h4-6,8-9,16-18H,7,10-15H2,1-3H3,(H,21,23)/t16-,17-,18-/m1/s1. The van der Waals surface area contributed by atoms with Gasteiger partial charge in [-0.3, -0.25) is 4.79 Å². The van der Waals surface area contributed by atoms with Gasteiger partial charge in [-0.1, -0.05) is 44.2 Å². The van der Waals surface area contributed by atoms with E-state index in [1.807, 2.05) is 37.3 Å². The molecule has 24 heavy (non-hydrogen) atoms. The first kappa shape index (κ1) is 18.9. The molecule has 3 atom stereocenters. The van der Waals surface area contributed by atoms with E-state index in [-0.39, 0.29) is 5.91 Å². The topological polar surface area (TPSA) is 41.6 Å². The Balaban J connectivity index is 1.58. The number of hydrogen-bond acceptors (Lipinski definition) is 3. The highest BCUT2D eigenvalue weighted by Gasteiger charge is 2.21. The molecule has 1 amide bonds. The van der Waals surface area contributed by atoms with Crippen LogP contribution in [0.25, 0.3) is 0 Å². The molecule has 0 bridgehead atoms. The van der Waals surface area contributed by atoms with Crippen LogP contribution < -0.4 is 5.32 Å². The molecule has 0 saturated carbocycles. The first-order valence-corrected chi connectivity index (χ1v) is 9.20. The molecule has 1 aromatic carbocycles. The summed E-state index contributed by atoms with van der Waals surface area (Å²) in [4.78, 5) is 14.6. The Labute approximate surface area is 146 Å². The summed E-state index contributed by atoms with van der Waals surface area (Å²) in [6.07, 6.45) is 1.92. The number of carbonyl (C=O) groups is 1. The molecule has 1 aliphatic rings. The Bertz CT molecular complexity index is 482. The third kappa shape index (κ3) is 6.62. The zero-order valence-corrected chi connectivity index (χ0v) is 15.3. The Hall–Kier alpha value is -1.39. The second-order valence-corrected chi connectivity index (χ2v) is 7.29. The van der Waals surface area contributed by atoms with Crippen molar-refractivity contribution >= 4 is 5.91 Å². The van der Waals surface area contributed by atoms with Gasteiger partial charge in [0.1, 0.15) is 6.10 Å². The van der Waals surface area contributed by atoms with Crippen LogP contribution in [0, 0.1) is 11.8 Å². The molecule has 0 unspecified atom stereocenters. The maximum Gasteiger partial charge on any atom is 0.248 e. The molecule has 0 aliphatic carbocycles. The zero-order chi connectivity index (χ0) is 17.4. The Morgan fingerprint density at radius 1 is 1.25 bits per heavy atom. The van der Waals surface area contributed by atoms with Crippen LogP contribution in [0.3, 0.4) is 0 Å². The number of nitrogens with one attached hydrogen (secondary N) is 1. The van der Waals surface area contributed by atoms with Crippen LogP contribution in [0.5, 0.6) is 0 Å². The normalized spacial score (nSPS) is 23.0. The summed E-state index contributed by atoms with van der Waals surface area (Å²) in [5, 5.41) is 2.99. The van der Waals surface area contributed by atoms with Crippen LogP contribution in [0.15, 0.2) is 30.3 Å². The van der Waals surface area contributed by atoms with E-state index in [4.69, 9.17) is 4.74 Å². The highest BCUT2D eigenvalue weighted by Crippen LogP contribution is 2.20. The number of ether oxygens (including phenoxy) is 1. The van der Waals surface area contributed by atoms with E-state index in [0.717, 1.165) is 36.9 Å². The second kappa shape index (κ2) is 9.80. The van der Waals surface area contributed by atoms with Gasteiger partial charge in [-0.05, 0) is 43.7 Å². The van der Waals surface area contributed by atoms with Gasteiger partial charge in [-0.15, -0.1) is 0 Å². The van der Waals surface area contributed by atoms with E-state index < -0.39 is 6.10 Å². The fourth-order valence-electron chi connectivity index (χ4n) is 3.50. The summed E-state index contributed by atoms with van der Waals surface area (Å²) in [6.45, 7) is 11.1. The first-order valence-electron chi connectivity index (χ1n) is 9.20. The summed E-state index contributed by atoms with van der Waals surface area (Å²) < 4.78 is 5.64. The van der Waals surface area contributed by atoms with Crippen molar-refractivity contribution in [2.75, 3.05) is 26.2 Å². The van der Waals surface area contributed by atoms with Crippen molar-refractivity contribution in [1.29, 1.82) is 0 Å². The molecule has 4 nitrogen and oxygen atoms in total. The smallest absolute Gasteiger partial charge is 0.248 e. The lowest BCUT2D eigenvalue weighted by Crippen LogP contribution is -2.41. The van der Waals surface area contributed by atoms with Gasteiger partial charge in [-0.2, -0.15) is 0 Å². The van der Waals surface area contributed by atoms with E-state index in [9.17, 15) is 4.79 Å². The first-order chi connectivity index (χ1) is 11.5. The van der Waals surface area contributed by atoms with E-state index in [0.29, 0.717) is 6.61 Å². The lowest BCUT2D eigenvalue weighted by Gasteiger charge is -2.34. The van der Waals surface area contributed by atoms with Crippen LogP contribution in [0.1, 0.15) is 39.2 Å². The number of piperidine rings is 1. The number of benzene rings is 1. The molecule has 0 aromatic heterocycles. The van der Waals surface area contributed by atoms with Crippen molar-refractivity contribution in [3.63, 3.8) is 0 Å². The molecule has 0 spiro atoms. The van der Waals surface area contributed by atoms with Gasteiger partial charge >= 0.3 is 0 Å². The molecule has 4 heteroatoms. The molecule has 1 aromatic rings. The van der Waals surface area contributed by atoms with Gasteiger partial charge in [0.2, 0.25) is 5.91 Å². The number of nitrogens with zero attached hydrogens (tertiary/aromatic N) is 1. The molecule has 134 valence electrons. The molecular formula is C20H32N2O2. The van der Waals surface area contributed by atoms with Gasteiger partial charge < -0.3 is 15.0 Å². The van der Waals surface area contributed by atoms with Crippen molar-refractivity contribution in [3.05, 3.63) is 35.9 Å². The van der Waals surface area contributed by atoms with Crippen molar-refractivity contribution < 1.29 is 9.53 Å². The van der Waals surface area contributed by atoms with Gasteiger partial charge in [0, 0.05) is 19.6 Å². The summed E-state index contributed by atoms with van der Waals surface area (Å²) in [6, 6.07) is 9.94. The summed E-state index contributed by atoms with van der Waals surface area (Å²) in [5.41, 5.74) is 1.09. The van der Waals surface area contributed by atoms with Gasteiger partial charge in [-0.25, -0.2) is 0 Å². The minimum absolute atomic E-state index is 0.0219. The number of hydrogen-bond donors (Lipinski definition) is 1. The average molecular weight is 332 g/mol. The lowest BCUT2D eigenvalue weighted by atomic mass is 9.92. The number of rotatable bonds is 8. The predicted molar refractivity (Wildman–Crippen MR) is 97.7 cm³/mol. The van der Waals surface area contributed by atoms with E-state index in [2.05, 4.69) is 24.1 Å². The molecule has 0 radical (unpaired) electrons. The Morgan fingerprint density at radius 2 is 1.92 bits per heavy atom. The maximum atomic E-state index is 12.1. The fourth-order valence-corrected chi connectivity index (χ4v) is 3.50. The minimum atomic E-state index is -0.416. The van der Waals surface area contributed by atoms with Crippen molar-refractivity contribution in [2.24, 2.45) is 11.8 Å². The quantitative estimate of drug-likeness (QED) is 0.744. The van der Waals surface area contributed by atoms with E-state index in [1.165, 1.54) is 19.5 Å². The average Bonchev–Trinajstić information content (AvgIpc) is 2.56. The summed E-state index contributed by atoms with van der Waals surface area (Å²) in [5.74, 6) is 1.55. The third-order valence-corrected chi connectivity index (χ3v) is 4.61. The maximum absolute atomic E-state index is 12.1. The molecule has 1 saturated heterocycles. The molecular weight excluding hydrogens is 300 g/mol. The summed E-state index contributed by atoms with van der Waals surface area (Å²) >= 11 is 0. The Morgan fingerprint density at radius 3 is 2.58 bits per heavy atom. The minimum Gasteiger partial charge on any atom is -0.364 e. The van der Waals surface area contributed by atoms with Gasteiger partial charge in [0.05, 0.1) is 6.61 Å². The highest BCUT2D eigenvalue weighted by molar-refractivity contribution is 5.80. The molecule has 1 fully saturated rings. The van der Waals surface area contributed by atoms with Crippen molar-refractivity contribution in [3.8, 4) is 0 Å². The number of amides is 1. The van der Waals surface area contributed by atoms with Crippen LogP contribution in [-0.2, 0) is 16.1 Å². The largest absolute Gasteiger partial charge is 0.364 e. The van der Waals surface area contributed by atoms with Gasteiger partial charge in [0.25, 0.3) is 0 Å². The Kier molecular flexibility index (Phi) is 7.73. The fraction of sp³-hybridized carbons (Fsp3) is 0.650. The predicted octanol–water partition coefficient (Wildman–Crippen LogP) is 3.08. The number of carbonyl (C=O) groups excluding carboxylic acids is 1.